The van der Waals surface area contributed by atoms with Crippen molar-refractivity contribution in [2.75, 3.05) is 46.4 Å². The van der Waals surface area contributed by atoms with Crippen LogP contribution in [0.15, 0.2) is 30.3 Å². The number of piperidine rings is 1. The Morgan fingerprint density at radius 1 is 1.28 bits per heavy atom. The summed E-state index contributed by atoms with van der Waals surface area (Å²) >= 11 is 0. The third-order valence-electron chi connectivity index (χ3n) is 5.33. The summed E-state index contributed by atoms with van der Waals surface area (Å²) in [4.78, 5) is 16.9. The van der Waals surface area contributed by atoms with E-state index in [1.54, 1.807) is 0 Å². The zero-order valence-corrected chi connectivity index (χ0v) is 15.3. The highest BCUT2D eigenvalue weighted by Gasteiger charge is 2.24. The third kappa shape index (κ3) is 5.80. The zero-order valence-electron chi connectivity index (χ0n) is 15.3. The smallest absolute Gasteiger partial charge is 0.223 e. The van der Waals surface area contributed by atoms with Crippen LogP contribution in [0.25, 0.3) is 0 Å². The molecule has 2 aliphatic heterocycles. The Bertz CT molecular complexity index is 523. The van der Waals surface area contributed by atoms with Gasteiger partial charge in [-0.15, -0.1) is 0 Å². The van der Waals surface area contributed by atoms with Gasteiger partial charge in [-0.25, -0.2) is 0 Å². The molecule has 0 aliphatic carbocycles. The highest BCUT2D eigenvalue weighted by atomic mass is 16.5. The third-order valence-corrected chi connectivity index (χ3v) is 5.33. The molecule has 1 amide bonds. The van der Waals surface area contributed by atoms with Crippen molar-refractivity contribution in [2.24, 2.45) is 5.92 Å². The molecule has 5 nitrogen and oxygen atoms in total. The number of benzene rings is 1. The second kappa shape index (κ2) is 9.32. The second-order valence-electron chi connectivity index (χ2n) is 7.41. The molecule has 138 valence electrons. The molecule has 0 spiro atoms. The Balaban J connectivity index is 1.37. The topological polar surface area (TPSA) is 44.8 Å². The number of likely N-dealkylation sites (tertiary alicyclic amines) is 1. The molecule has 25 heavy (non-hydrogen) atoms. The van der Waals surface area contributed by atoms with Gasteiger partial charge in [-0.3, -0.25) is 9.69 Å². The molecular weight excluding hydrogens is 314 g/mol. The van der Waals surface area contributed by atoms with Gasteiger partial charge in [0.2, 0.25) is 5.91 Å². The minimum Gasteiger partial charge on any atom is -0.378 e. The number of carbonyl (C=O) groups excluding carboxylic acids is 1. The van der Waals surface area contributed by atoms with Crippen LogP contribution in [0.4, 0.5) is 0 Å². The van der Waals surface area contributed by atoms with Crippen molar-refractivity contribution in [2.45, 2.75) is 31.8 Å². The number of ether oxygens (including phenoxy) is 1. The van der Waals surface area contributed by atoms with Gasteiger partial charge in [-0.2, -0.15) is 0 Å². The van der Waals surface area contributed by atoms with Crippen LogP contribution in [0, 0.1) is 5.92 Å². The molecule has 2 aliphatic rings. The Morgan fingerprint density at radius 3 is 2.72 bits per heavy atom. The minimum atomic E-state index is 0.177. The molecule has 3 rings (SSSR count). The van der Waals surface area contributed by atoms with Gasteiger partial charge in [0, 0.05) is 39.1 Å². The number of amides is 1. The number of hydrogen-bond donors (Lipinski definition) is 1. The van der Waals surface area contributed by atoms with Gasteiger partial charge >= 0.3 is 0 Å². The van der Waals surface area contributed by atoms with Crippen molar-refractivity contribution in [3.63, 3.8) is 0 Å². The number of nitrogens with zero attached hydrogens (tertiary/aromatic N) is 2. The summed E-state index contributed by atoms with van der Waals surface area (Å²) in [5.41, 5.74) is 1.38. The summed E-state index contributed by atoms with van der Waals surface area (Å²) in [5, 5.41) is 3.36. The lowest BCUT2D eigenvalue weighted by atomic mass is 9.95. The fraction of sp³-hybridized carbons (Fsp3) is 0.650. The SMILES string of the molecule is CN(CC1CCN(Cc2ccccc2)CC1)C(=O)C[C@H]1COCCN1. The highest BCUT2D eigenvalue weighted by Crippen LogP contribution is 2.20. The Morgan fingerprint density at radius 2 is 2.04 bits per heavy atom. The average molecular weight is 345 g/mol. The van der Waals surface area contributed by atoms with Crippen LogP contribution >= 0.6 is 0 Å². The summed E-state index contributed by atoms with van der Waals surface area (Å²) in [7, 11) is 1.95. The first-order valence-electron chi connectivity index (χ1n) is 9.52. The molecule has 2 fully saturated rings. The summed E-state index contributed by atoms with van der Waals surface area (Å²) in [5.74, 6) is 0.853. The van der Waals surface area contributed by atoms with E-state index < -0.39 is 0 Å². The van der Waals surface area contributed by atoms with E-state index in [1.807, 2.05) is 11.9 Å². The van der Waals surface area contributed by atoms with E-state index >= 15 is 0 Å². The van der Waals surface area contributed by atoms with Gasteiger partial charge in [0.1, 0.15) is 0 Å². The summed E-state index contributed by atoms with van der Waals surface area (Å²) in [6.45, 7) is 6.42. The van der Waals surface area contributed by atoms with E-state index in [0.29, 0.717) is 18.9 Å². The van der Waals surface area contributed by atoms with Crippen LogP contribution in [0.3, 0.4) is 0 Å². The van der Waals surface area contributed by atoms with Crippen molar-refractivity contribution >= 4 is 5.91 Å². The summed E-state index contributed by atoms with van der Waals surface area (Å²) in [6.07, 6.45) is 2.90. The van der Waals surface area contributed by atoms with E-state index in [1.165, 1.54) is 18.4 Å². The van der Waals surface area contributed by atoms with E-state index in [0.717, 1.165) is 39.3 Å². The molecule has 1 N–H and O–H groups in total. The van der Waals surface area contributed by atoms with Crippen molar-refractivity contribution in [1.29, 1.82) is 0 Å². The molecule has 1 aromatic carbocycles. The molecule has 0 saturated carbocycles. The summed E-state index contributed by atoms with van der Waals surface area (Å²) < 4.78 is 5.43. The molecular formula is C20H31N3O2. The lowest BCUT2D eigenvalue weighted by Gasteiger charge is -2.34. The highest BCUT2D eigenvalue weighted by molar-refractivity contribution is 5.76. The van der Waals surface area contributed by atoms with E-state index in [-0.39, 0.29) is 11.9 Å². The molecule has 2 saturated heterocycles. The molecule has 1 aromatic rings. The molecule has 0 bridgehead atoms. The van der Waals surface area contributed by atoms with Crippen molar-refractivity contribution < 1.29 is 9.53 Å². The Hall–Kier alpha value is -1.43. The van der Waals surface area contributed by atoms with Crippen molar-refractivity contribution in [3.8, 4) is 0 Å². The van der Waals surface area contributed by atoms with Crippen LogP contribution < -0.4 is 5.32 Å². The van der Waals surface area contributed by atoms with Crippen LogP contribution in [-0.2, 0) is 16.1 Å². The van der Waals surface area contributed by atoms with Crippen molar-refractivity contribution in [1.82, 2.24) is 15.1 Å². The number of hydrogen-bond acceptors (Lipinski definition) is 4. The zero-order chi connectivity index (χ0) is 17.5. The van der Waals surface area contributed by atoms with E-state index in [9.17, 15) is 4.79 Å². The molecule has 2 heterocycles. The van der Waals surface area contributed by atoms with Gasteiger partial charge in [0.25, 0.3) is 0 Å². The first-order chi connectivity index (χ1) is 12.2. The monoisotopic (exact) mass is 345 g/mol. The number of morpholine rings is 1. The fourth-order valence-electron chi connectivity index (χ4n) is 3.78. The Labute approximate surface area is 151 Å². The molecule has 0 radical (unpaired) electrons. The minimum absolute atomic E-state index is 0.177. The molecule has 1 atom stereocenters. The predicted molar refractivity (Wildman–Crippen MR) is 99.3 cm³/mol. The van der Waals surface area contributed by atoms with Crippen LogP contribution in [0.5, 0.6) is 0 Å². The average Bonchev–Trinajstić information content (AvgIpc) is 2.65. The first-order valence-corrected chi connectivity index (χ1v) is 9.52. The van der Waals surface area contributed by atoms with Gasteiger partial charge in [0.15, 0.2) is 0 Å². The summed E-state index contributed by atoms with van der Waals surface area (Å²) in [6, 6.07) is 10.8. The van der Waals surface area contributed by atoms with Crippen molar-refractivity contribution in [3.05, 3.63) is 35.9 Å². The molecule has 0 unspecified atom stereocenters. The normalized spacial score (nSPS) is 22.7. The maximum atomic E-state index is 12.4. The van der Waals surface area contributed by atoms with E-state index in [4.69, 9.17) is 4.74 Å². The van der Waals surface area contributed by atoms with Gasteiger partial charge in [0.05, 0.1) is 13.2 Å². The van der Waals surface area contributed by atoms with Crippen LogP contribution in [0.1, 0.15) is 24.8 Å². The van der Waals surface area contributed by atoms with Gasteiger partial charge < -0.3 is 15.0 Å². The maximum absolute atomic E-state index is 12.4. The van der Waals surface area contributed by atoms with Gasteiger partial charge in [-0.1, -0.05) is 30.3 Å². The van der Waals surface area contributed by atoms with Crippen LogP contribution in [-0.4, -0.2) is 68.2 Å². The predicted octanol–water partition coefficient (Wildman–Crippen LogP) is 1.74. The molecule has 5 heteroatoms. The van der Waals surface area contributed by atoms with Gasteiger partial charge in [-0.05, 0) is 37.4 Å². The maximum Gasteiger partial charge on any atom is 0.223 e. The quantitative estimate of drug-likeness (QED) is 0.853. The molecule has 0 aromatic heterocycles. The largest absolute Gasteiger partial charge is 0.378 e. The van der Waals surface area contributed by atoms with Crippen LogP contribution in [0.2, 0.25) is 0 Å². The number of carbonyl (C=O) groups is 1. The Kier molecular flexibility index (Phi) is 6.84. The lowest BCUT2D eigenvalue weighted by Crippen LogP contribution is -2.45. The first kappa shape index (κ1) is 18.4. The fourth-order valence-corrected chi connectivity index (χ4v) is 3.78. The standard InChI is InChI=1S/C20H31N3O2/c1-22(20(24)13-19-16-25-12-9-21-19)14-18-7-10-23(11-8-18)15-17-5-3-2-4-6-17/h2-6,18-19,21H,7-16H2,1H3/t19-/m0/s1. The number of nitrogens with one attached hydrogen (secondary N) is 1. The number of rotatable bonds is 6. The lowest BCUT2D eigenvalue weighted by molar-refractivity contribution is -0.131. The second-order valence-corrected chi connectivity index (χ2v) is 7.41. The van der Waals surface area contributed by atoms with E-state index in [2.05, 4.69) is 40.5 Å².